The molecule has 0 aliphatic carbocycles. The molecule has 0 spiro atoms. The van der Waals surface area contributed by atoms with Gasteiger partial charge in [0.15, 0.2) is 0 Å². The van der Waals surface area contributed by atoms with Gasteiger partial charge in [-0.05, 0) is 81.3 Å². The van der Waals surface area contributed by atoms with Crippen molar-refractivity contribution in [1.29, 1.82) is 5.26 Å². The summed E-state index contributed by atoms with van der Waals surface area (Å²) >= 11 is 0. The number of hydrogen-bond acceptors (Lipinski definition) is 7. The van der Waals surface area contributed by atoms with Crippen LogP contribution in [-0.2, 0) is 9.47 Å². The molecule has 5 rings (SSSR count). The molecule has 1 fully saturated rings. The second-order valence-electron chi connectivity index (χ2n) is 10.5. The maximum absolute atomic E-state index is 9.36. The molecule has 2 aliphatic rings. The molecule has 0 unspecified atom stereocenters. The van der Waals surface area contributed by atoms with Gasteiger partial charge in [-0.3, -0.25) is 4.40 Å². The second kappa shape index (κ2) is 12.9. The number of allylic oxidation sites excluding steroid dienone is 3. The molecule has 2 aliphatic heterocycles. The number of imidazole rings is 1. The molecule has 1 atom stereocenters. The molecular formula is C32H37N5O3. The molecule has 8 heteroatoms. The van der Waals surface area contributed by atoms with E-state index in [9.17, 15) is 5.26 Å². The number of aromatic nitrogens is 2. The van der Waals surface area contributed by atoms with Crippen molar-refractivity contribution in [3.05, 3.63) is 71.6 Å². The third-order valence-corrected chi connectivity index (χ3v) is 7.69. The van der Waals surface area contributed by atoms with Crippen LogP contribution in [0.3, 0.4) is 0 Å². The van der Waals surface area contributed by atoms with Gasteiger partial charge in [-0.2, -0.15) is 5.26 Å². The average Bonchev–Trinajstić information content (AvgIpc) is 3.49. The zero-order chi connectivity index (χ0) is 27.9. The predicted octanol–water partition coefficient (Wildman–Crippen LogP) is 5.74. The first-order valence-corrected chi connectivity index (χ1v) is 14.0. The summed E-state index contributed by atoms with van der Waals surface area (Å²) in [6.45, 7) is 10.9. The predicted molar refractivity (Wildman–Crippen MR) is 157 cm³/mol. The van der Waals surface area contributed by atoms with Crippen LogP contribution in [0, 0.1) is 17.2 Å². The third kappa shape index (κ3) is 6.11. The number of nitrogens with zero attached hydrogens (tertiary/aromatic N) is 5. The highest BCUT2D eigenvalue weighted by Gasteiger charge is 2.22. The summed E-state index contributed by atoms with van der Waals surface area (Å²) < 4.78 is 19.7. The number of hydrogen-bond donors (Lipinski definition) is 0. The zero-order valence-electron chi connectivity index (χ0n) is 23.4. The summed E-state index contributed by atoms with van der Waals surface area (Å²) in [6, 6.07) is 12.0. The first-order chi connectivity index (χ1) is 19.6. The quantitative estimate of drug-likeness (QED) is 0.306. The van der Waals surface area contributed by atoms with Crippen LogP contribution < -0.4 is 4.74 Å². The smallest absolute Gasteiger partial charge is 0.215 e. The first kappa shape index (κ1) is 27.6. The molecule has 1 saturated heterocycles. The van der Waals surface area contributed by atoms with Crippen LogP contribution in [0.25, 0.3) is 22.2 Å². The maximum Gasteiger partial charge on any atom is 0.215 e. The van der Waals surface area contributed by atoms with E-state index in [2.05, 4.69) is 51.1 Å². The molecule has 208 valence electrons. The SMILES string of the molecule is C=NC1=C(/C=C(\C)c2c(-c3ccc(C#N)cc3)cc(OC[C@@H]3CCCN(CCOC)C3)c3cncn23)CCCO1. The van der Waals surface area contributed by atoms with Crippen LogP contribution in [0.15, 0.2) is 65.4 Å². The van der Waals surface area contributed by atoms with Crippen LogP contribution >= 0.6 is 0 Å². The molecule has 0 saturated carbocycles. The van der Waals surface area contributed by atoms with Gasteiger partial charge in [0, 0.05) is 37.3 Å². The molecule has 4 heterocycles. The van der Waals surface area contributed by atoms with Crippen molar-refractivity contribution >= 4 is 17.8 Å². The summed E-state index contributed by atoms with van der Waals surface area (Å²) in [5, 5.41) is 9.36. The van der Waals surface area contributed by atoms with Gasteiger partial charge in [-0.15, -0.1) is 0 Å². The zero-order valence-corrected chi connectivity index (χ0v) is 23.4. The van der Waals surface area contributed by atoms with Crippen LogP contribution in [0.1, 0.15) is 43.9 Å². The van der Waals surface area contributed by atoms with Gasteiger partial charge < -0.3 is 19.1 Å². The van der Waals surface area contributed by atoms with Gasteiger partial charge in [0.2, 0.25) is 5.88 Å². The Bertz CT molecular complexity index is 1450. The Labute approximate surface area is 236 Å². The summed E-state index contributed by atoms with van der Waals surface area (Å²) in [6.07, 6.45) is 9.99. The Kier molecular flexibility index (Phi) is 8.94. The molecule has 1 aromatic carbocycles. The fraction of sp³-hybridized carbons (Fsp3) is 0.406. The lowest BCUT2D eigenvalue weighted by molar-refractivity contribution is 0.0961. The van der Waals surface area contributed by atoms with E-state index < -0.39 is 0 Å². The number of piperidine rings is 1. The lowest BCUT2D eigenvalue weighted by atomic mass is 9.96. The number of nitriles is 1. The summed E-state index contributed by atoms with van der Waals surface area (Å²) in [5.74, 6) is 1.85. The van der Waals surface area contributed by atoms with Crippen LogP contribution in [0.4, 0.5) is 0 Å². The number of aliphatic imine (C=N–C) groups is 1. The average molecular weight is 540 g/mol. The molecule has 40 heavy (non-hydrogen) atoms. The van der Waals surface area contributed by atoms with E-state index in [-0.39, 0.29) is 0 Å². The highest BCUT2D eigenvalue weighted by Crippen LogP contribution is 2.37. The minimum Gasteiger partial charge on any atom is -0.491 e. The number of benzene rings is 1. The minimum absolute atomic E-state index is 0.455. The fourth-order valence-electron chi connectivity index (χ4n) is 5.68. The molecule has 0 bridgehead atoms. The molecule has 2 aromatic heterocycles. The van der Waals surface area contributed by atoms with E-state index in [1.165, 1.54) is 6.42 Å². The highest BCUT2D eigenvalue weighted by atomic mass is 16.5. The van der Waals surface area contributed by atoms with E-state index in [0.29, 0.717) is 30.6 Å². The van der Waals surface area contributed by atoms with Gasteiger partial charge >= 0.3 is 0 Å². The van der Waals surface area contributed by atoms with Gasteiger partial charge in [0.05, 0.1) is 49.7 Å². The third-order valence-electron chi connectivity index (χ3n) is 7.69. The van der Waals surface area contributed by atoms with Gasteiger partial charge in [0.25, 0.3) is 0 Å². The van der Waals surface area contributed by atoms with Gasteiger partial charge in [0.1, 0.15) is 11.3 Å². The number of methoxy groups -OCH3 is 1. The lowest BCUT2D eigenvalue weighted by Gasteiger charge is -2.32. The lowest BCUT2D eigenvalue weighted by Crippen LogP contribution is -2.39. The highest BCUT2D eigenvalue weighted by molar-refractivity contribution is 5.84. The number of likely N-dealkylation sites (tertiary alicyclic amines) is 1. The summed E-state index contributed by atoms with van der Waals surface area (Å²) in [4.78, 5) is 11.1. The molecule has 3 aromatic rings. The van der Waals surface area contributed by atoms with Crippen molar-refractivity contribution in [2.75, 3.05) is 46.6 Å². The Morgan fingerprint density at radius 3 is 2.92 bits per heavy atom. The van der Waals surface area contributed by atoms with Crippen molar-refractivity contribution in [1.82, 2.24) is 14.3 Å². The fourth-order valence-corrected chi connectivity index (χ4v) is 5.68. The van der Waals surface area contributed by atoms with E-state index in [1.54, 1.807) is 7.11 Å². The van der Waals surface area contributed by atoms with E-state index in [0.717, 1.165) is 84.7 Å². The monoisotopic (exact) mass is 539 g/mol. The van der Waals surface area contributed by atoms with E-state index in [1.807, 2.05) is 36.8 Å². The minimum atomic E-state index is 0.455. The van der Waals surface area contributed by atoms with Crippen LogP contribution in [0.5, 0.6) is 5.75 Å². The van der Waals surface area contributed by atoms with Crippen molar-refractivity contribution in [3.8, 4) is 22.9 Å². The maximum atomic E-state index is 9.36. The van der Waals surface area contributed by atoms with Crippen molar-refractivity contribution in [2.45, 2.75) is 32.6 Å². The van der Waals surface area contributed by atoms with Crippen molar-refractivity contribution in [2.24, 2.45) is 10.9 Å². The normalized spacial score (nSPS) is 18.4. The molecule has 0 amide bonds. The number of pyridine rings is 1. The van der Waals surface area contributed by atoms with Crippen LogP contribution in [0.2, 0.25) is 0 Å². The number of rotatable bonds is 10. The first-order valence-electron chi connectivity index (χ1n) is 14.0. The summed E-state index contributed by atoms with van der Waals surface area (Å²) in [5.41, 5.74) is 6.65. The van der Waals surface area contributed by atoms with Crippen molar-refractivity contribution in [3.63, 3.8) is 0 Å². The van der Waals surface area contributed by atoms with Crippen LogP contribution in [-0.4, -0.2) is 67.6 Å². The van der Waals surface area contributed by atoms with E-state index >= 15 is 0 Å². The van der Waals surface area contributed by atoms with E-state index in [4.69, 9.17) is 14.2 Å². The molecule has 8 nitrogen and oxygen atoms in total. The number of fused-ring (bicyclic) bond motifs is 1. The largest absolute Gasteiger partial charge is 0.491 e. The van der Waals surface area contributed by atoms with Crippen molar-refractivity contribution < 1.29 is 14.2 Å². The Morgan fingerprint density at radius 1 is 1.30 bits per heavy atom. The van der Waals surface area contributed by atoms with Gasteiger partial charge in [-0.25, -0.2) is 9.98 Å². The Morgan fingerprint density at radius 2 is 2.15 bits per heavy atom. The van der Waals surface area contributed by atoms with Gasteiger partial charge in [-0.1, -0.05) is 12.1 Å². The summed E-state index contributed by atoms with van der Waals surface area (Å²) in [7, 11) is 1.75. The molecule has 0 radical (unpaired) electrons. The standard InChI is InChI=1S/C32H37N5O3/c1-23(16-27-7-5-14-39-32(27)34-2)31-28(26-10-8-24(18-33)9-11-26)17-30(29-19-35-22-37(29)31)40-21-25-6-4-12-36(20-25)13-15-38-3/h8-11,16-17,19,22,25H,2,4-7,12-15,20-21H2,1,3H3/b23-16+/t25-/m1/s1. The topological polar surface area (TPSA) is 84.4 Å². The second-order valence-corrected chi connectivity index (χ2v) is 10.5. The Hall–Kier alpha value is -3.93. The molecule has 0 N–H and O–H groups in total. The number of ether oxygens (including phenoxy) is 3. The molecular weight excluding hydrogens is 502 g/mol. The Balaban J connectivity index is 1.53.